The van der Waals surface area contributed by atoms with Crippen LogP contribution in [0, 0.1) is 0 Å². The maximum Gasteiger partial charge on any atom is 0.338 e. The van der Waals surface area contributed by atoms with Crippen molar-refractivity contribution in [1.29, 1.82) is 0 Å². The van der Waals surface area contributed by atoms with Crippen molar-refractivity contribution in [2.75, 3.05) is 39.8 Å². The lowest BCUT2D eigenvalue weighted by Crippen LogP contribution is -2.51. The highest BCUT2D eigenvalue weighted by Gasteiger charge is 2.24. The van der Waals surface area contributed by atoms with Crippen LogP contribution in [0.5, 0.6) is 0 Å². The largest absolute Gasteiger partial charge is 0.456 e. The Balaban J connectivity index is 4.66. The van der Waals surface area contributed by atoms with Crippen molar-refractivity contribution >= 4 is 5.97 Å². The van der Waals surface area contributed by atoms with Crippen molar-refractivity contribution in [3.63, 3.8) is 0 Å². The zero-order chi connectivity index (χ0) is 17.6. The second kappa shape index (κ2) is 12.9. The number of carbonyl (C=O) groups excluding carboxylic acids is 1. The Kier molecular flexibility index (Phi) is 12.1. The lowest BCUT2D eigenvalue weighted by atomic mass is 10.2. The van der Waals surface area contributed by atoms with E-state index in [1.54, 1.807) is 31.5 Å². The molecule has 0 radical (unpaired) electrons. The Morgan fingerprint density at radius 1 is 1.17 bits per heavy atom. The van der Waals surface area contributed by atoms with E-state index >= 15 is 0 Å². The van der Waals surface area contributed by atoms with Gasteiger partial charge in [0.15, 0.2) is 0 Å². The van der Waals surface area contributed by atoms with Gasteiger partial charge in [0.05, 0.1) is 25.2 Å². The van der Waals surface area contributed by atoms with Crippen LogP contribution < -0.4 is 5.32 Å². The van der Waals surface area contributed by atoms with E-state index < -0.39 is 0 Å². The van der Waals surface area contributed by atoms with Crippen LogP contribution in [0.3, 0.4) is 0 Å². The van der Waals surface area contributed by atoms with Crippen molar-refractivity contribution in [2.45, 2.75) is 40.0 Å². The molecule has 0 aliphatic rings. The fraction of sp³-hybridized carbons (Fsp3) is 0.632. The first-order valence-corrected chi connectivity index (χ1v) is 8.77. The lowest BCUT2D eigenvalue weighted by Gasteiger charge is -2.37. The molecule has 0 saturated carbocycles. The summed E-state index contributed by atoms with van der Waals surface area (Å²) >= 11 is 0. The van der Waals surface area contributed by atoms with Crippen LogP contribution in [0.4, 0.5) is 0 Å². The SMILES string of the molecule is C=C/C=C(\C=C/NC)C(=O)OCC[N+](CC)(CCC)CCCC. The van der Waals surface area contributed by atoms with Crippen molar-refractivity contribution in [2.24, 2.45) is 0 Å². The first-order chi connectivity index (χ1) is 11.1. The quantitative estimate of drug-likeness (QED) is 0.244. The highest BCUT2D eigenvalue weighted by Crippen LogP contribution is 2.11. The van der Waals surface area contributed by atoms with E-state index in [9.17, 15) is 4.79 Å². The standard InChI is InChI=1S/C19H35N2O2/c1-6-10-15-21(9-4,14-8-3)16-17-23-19(22)18(11-7-2)12-13-20-5/h7,11-13,20H,2,6,8-10,14-17H2,1,3-5H3/q+1/b13-12-,18-11+. The zero-order valence-electron chi connectivity index (χ0n) is 15.4. The van der Waals surface area contributed by atoms with E-state index in [0.717, 1.165) is 37.1 Å². The van der Waals surface area contributed by atoms with E-state index in [2.05, 4.69) is 32.7 Å². The summed E-state index contributed by atoms with van der Waals surface area (Å²) in [7, 11) is 1.79. The molecule has 0 bridgehead atoms. The predicted octanol–water partition coefficient (Wildman–Crippen LogP) is 3.42. The number of hydrogen-bond donors (Lipinski definition) is 1. The van der Waals surface area contributed by atoms with E-state index in [-0.39, 0.29) is 5.97 Å². The van der Waals surface area contributed by atoms with Gasteiger partial charge >= 0.3 is 5.97 Å². The molecule has 4 nitrogen and oxygen atoms in total. The molecule has 23 heavy (non-hydrogen) atoms. The summed E-state index contributed by atoms with van der Waals surface area (Å²) in [6.45, 7) is 15.0. The average molecular weight is 324 g/mol. The zero-order valence-corrected chi connectivity index (χ0v) is 15.4. The first kappa shape index (κ1) is 21.4. The van der Waals surface area contributed by atoms with Gasteiger partial charge in [0.1, 0.15) is 13.2 Å². The van der Waals surface area contributed by atoms with Crippen LogP contribution in [-0.4, -0.2) is 50.3 Å². The summed E-state index contributed by atoms with van der Waals surface area (Å²) in [4.78, 5) is 12.2. The number of likely N-dealkylation sites (N-methyl/N-ethyl adjacent to an activating group) is 1. The van der Waals surface area contributed by atoms with Crippen molar-refractivity contribution in [1.82, 2.24) is 5.32 Å². The third-order valence-corrected chi connectivity index (χ3v) is 4.12. The average Bonchev–Trinajstić information content (AvgIpc) is 2.56. The summed E-state index contributed by atoms with van der Waals surface area (Å²) in [5, 5.41) is 2.87. The summed E-state index contributed by atoms with van der Waals surface area (Å²) in [5.74, 6) is -0.294. The number of carbonyl (C=O) groups is 1. The Labute approximate surface area is 142 Å². The van der Waals surface area contributed by atoms with Crippen molar-refractivity contribution < 1.29 is 14.0 Å². The summed E-state index contributed by atoms with van der Waals surface area (Å²) in [6.07, 6.45) is 10.2. The number of esters is 1. The fourth-order valence-corrected chi connectivity index (χ4v) is 2.68. The van der Waals surface area contributed by atoms with Gasteiger partial charge in [-0.2, -0.15) is 0 Å². The van der Waals surface area contributed by atoms with E-state index in [4.69, 9.17) is 4.74 Å². The molecular weight excluding hydrogens is 288 g/mol. The number of nitrogens with zero attached hydrogens (tertiary/aromatic N) is 1. The molecule has 132 valence electrons. The smallest absolute Gasteiger partial charge is 0.338 e. The topological polar surface area (TPSA) is 38.3 Å². The normalized spacial score (nSPS) is 14.5. The summed E-state index contributed by atoms with van der Waals surface area (Å²) < 4.78 is 6.52. The van der Waals surface area contributed by atoms with Gasteiger partial charge in [-0.3, -0.25) is 0 Å². The maximum absolute atomic E-state index is 12.2. The minimum atomic E-state index is -0.294. The minimum Gasteiger partial charge on any atom is -0.456 e. The Hall–Kier alpha value is -1.55. The second-order valence-electron chi connectivity index (χ2n) is 5.80. The number of nitrogens with one attached hydrogen (secondary N) is 1. The van der Waals surface area contributed by atoms with Gasteiger partial charge in [0.25, 0.3) is 0 Å². The Bertz CT molecular complexity index is 402. The van der Waals surface area contributed by atoms with Crippen LogP contribution in [0.25, 0.3) is 0 Å². The van der Waals surface area contributed by atoms with Gasteiger partial charge in [-0.05, 0) is 38.1 Å². The number of unbranched alkanes of at least 4 members (excludes halogenated alkanes) is 1. The second-order valence-corrected chi connectivity index (χ2v) is 5.80. The molecule has 0 aliphatic heterocycles. The van der Waals surface area contributed by atoms with Gasteiger partial charge in [-0.25, -0.2) is 4.79 Å². The van der Waals surface area contributed by atoms with Crippen LogP contribution >= 0.6 is 0 Å². The van der Waals surface area contributed by atoms with Crippen LogP contribution in [-0.2, 0) is 9.53 Å². The molecule has 0 aromatic rings. The Morgan fingerprint density at radius 3 is 2.43 bits per heavy atom. The molecule has 0 spiro atoms. The molecule has 0 rings (SSSR count). The third kappa shape index (κ3) is 8.60. The molecule has 1 N–H and O–H groups in total. The maximum atomic E-state index is 12.2. The molecule has 0 fully saturated rings. The van der Waals surface area contributed by atoms with E-state index in [0.29, 0.717) is 12.2 Å². The van der Waals surface area contributed by atoms with Gasteiger partial charge in [0, 0.05) is 7.05 Å². The highest BCUT2D eigenvalue weighted by atomic mass is 16.5. The molecule has 0 aromatic heterocycles. The van der Waals surface area contributed by atoms with Gasteiger partial charge < -0.3 is 14.5 Å². The molecule has 1 atom stereocenters. The van der Waals surface area contributed by atoms with Gasteiger partial charge in [-0.15, -0.1) is 0 Å². The minimum absolute atomic E-state index is 0.294. The summed E-state index contributed by atoms with van der Waals surface area (Å²) in [5.41, 5.74) is 0.507. The molecule has 1 unspecified atom stereocenters. The number of hydrogen-bond acceptors (Lipinski definition) is 3. The number of rotatable bonds is 13. The molecule has 0 aromatic carbocycles. The molecule has 0 amide bonds. The summed E-state index contributed by atoms with van der Waals surface area (Å²) in [6, 6.07) is 0. The third-order valence-electron chi connectivity index (χ3n) is 4.12. The fourth-order valence-electron chi connectivity index (χ4n) is 2.68. The predicted molar refractivity (Wildman–Crippen MR) is 98.0 cm³/mol. The Morgan fingerprint density at radius 2 is 1.91 bits per heavy atom. The molecule has 4 heteroatoms. The van der Waals surface area contributed by atoms with Gasteiger partial charge in [0.2, 0.25) is 0 Å². The van der Waals surface area contributed by atoms with E-state index in [1.807, 2.05) is 0 Å². The number of quaternary nitrogens is 1. The number of ether oxygens (including phenoxy) is 1. The highest BCUT2D eigenvalue weighted by molar-refractivity contribution is 5.91. The van der Waals surface area contributed by atoms with Crippen molar-refractivity contribution in [3.8, 4) is 0 Å². The van der Waals surface area contributed by atoms with Gasteiger partial charge in [-0.1, -0.05) is 32.9 Å². The molecule has 0 saturated heterocycles. The monoisotopic (exact) mass is 323 g/mol. The molecule has 0 aliphatic carbocycles. The van der Waals surface area contributed by atoms with Crippen molar-refractivity contribution in [3.05, 3.63) is 36.6 Å². The van der Waals surface area contributed by atoms with E-state index in [1.165, 1.54) is 12.8 Å². The molecule has 0 heterocycles. The van der Waals surface area contributed by atoms with Crippen LogP contribution in [0.1, 0.15) is 40.0 Å². The first-order valence-electron chi connectivity index (χ1n) is 8.77. The number of allylic oxidation sites excluding steroid dienone is 2. The van der Waals surface area contributed by atoms with Crippen LogP contribution in [0.15, 0.2) is 36.6 Å². The lowest BCUT2D eigenvalue weighted by molar-refractivity contribution is -0.926. The molecular formula is C19H35N2O2+. The van der Waals surface area contributed by atoms with Crippen LogP contribution in [0.2, 0.25) is 0 Å².